The Kier molecular flexibility index (Phi) is 5.10. The van der Waals surface area contributed by atoms with E-state index in [2.05, 4.69) is 74.6 Å². The summed E-state index contributed by atoms with van der Waals surface area (Å²) in [7, 11) is 0. The van der Waals surface area contributed by atoms with Crippen LogP contribution in [0.1, 0.15) is 35.6 Å². The lowest BCUT2D eigenvalue weighted by molar-refractivity contribution is 0.570. The van der Waals surface area contributed by atoms with Crippen molar-refractivity contribution in [1.82, 2.24) is 24.9 Å². The predicted octanol–water partition coefficient (Wildman–Crippen LogP) is 4.93. The van der Waals surface area contributed by atoms with Crippen LogP contribution < -0.4 is 11.1 Å². The van der Waals surface area contributed by atoms with Gasteiger partial charge in [-0.15, -0.1) is 0 Å². The highest BCUT2D eigenvalue weighted by Gasteiger charge is 2.37. The van der Waals surface area contributed by atoms with Crippen LogP contribution in [-0.2, 0) is 18.4 Å². The zero-order valence-electron chi connectivity index (χ0n) is 19.4. The summed E-state index contributed by atoms with van der Waals surface area (Å²) in [5.74, 6) is 0.258. The van der Waals surface area contributed by atoms with E-state index in [0.29, 0.717) is 6.54 Å². The lowest BCUT2D eigenvalue weighted by Crippen LogP contribution is -2.21. The summed E-state index contributed by atoms with van der Waals surface area (Å²) in [5, 5.41) is 3.59. The first kappa shape index (κ1) is 21.2. The Bertz CT molecular complexity index is 1530. The van der Waals surface area contributed by atoms with Gasteiger partial charge in [-0.25, -0.2) is 9.97 Å². The first-order valence-electron chi connectivity index (χ1n) is 11.7. The van der Waals surface area contributed by atoms with Crippen molar-refractivity contribution in [2.45, 2.75) is 31.7 Å². The number of anilines is 2. The fourth-order valence-corrected chi connectivity index (χ4v) is 5.11. The molecule has 0 radical (unpaired) electrons. The summed E-state index contributed by atoms with van der Waals surface area (Å²) in [6.45, 7) is 2.95. The van der Waals surface area contributed by atoms with Crippen molar-refractivity contribution in [1.29, 1.82) is 0 Å². The number of aryl methyl sites for hydroxylation is 1. The number of rotatable bonds is 5. The SMILES string of the molecule is CC1(c2cc(NCc3cncc(-c4cnc(N)nc4)c3)cc3nccnc23)CCc2ccccc21. The molecule has 0 saturated carbocycles. The fourth-order valence-electron chi connectivity index (χ4n) is 5.11. The average Bonchev–Trinajstić information content (AvgIpc) is 3.25. The van der Waals surface area contributed by atoms with Crippen molar-refractivity contribution in [3.8, 4) is 11.1 Å². The van der Waals surface area contributed by atoms with Gasteiger partial charge in [-0.3, -0.25) is 15.0 Å². The van der Waals surface area contributed by atoms with Gasteiger partial charge in [0.15, 0.2) is 0 Å². The first-order valence-corrected chi connectivity index (χ1v) is 11.7. The van der Waals surface area contributed by atoms with Crippen LogP contribution in [0.2, 0.25) is 0 Å². The van der Waals surface area contributed by atoms with Crippen molar-refractivity contribution in [2.24, 2.45) is 0 Å². The molecule has 3 heterocycles. The molecule has 3 N–H and O–H groups in total. The highest BCUT2D eigenvalue weighted by molar-refractivity contribution is 5.84. The quantitative estimate of drug-likeness (QED) is 0.384. The summed E-state index contributed by atoms with van der Waals surface area (Å²) in [6, 6.07) is 15.1. The molecule has 0 bridgehead atoms. The number of pyridine rings is 1. The third-order valence-electron chi connectivity index (χ3n) is 6.97. The van der Waals surface area contributed by atoms with E-state index in [1.54, 1.807) is 31.0 Å². The topological polar surface area (TPSA) is 102 Å². The maximum absolute atomic E-state index is 5.62. The zero-order chi connectivity index (χ0) is 23.8. The number of benzene rings is 2. The van der Waals surface area contributed by atoms with E-state index in [1.807, 2.05) is 6.20 Å². The Hall–Kier alpha value is -4.39. The van der Waals surface area contributed by atoms with Crippen LogP contribution in [0.4, 0.5) is 11.6 Å². The molecule has 2 aromatic carbocycles. The van der Waals surface area contributed by atoms with Gasteiger partial charge in [0.1, 0.15) is 0 Å². The van der Waals surface area contributed by atoms with E-state index in [0.717, 1.165) is 46.3 Å². The van der Waals surface area contributed by atoms with E-state index < -0.39 is 0 Å². The third-order valence-corrected chi connectivity index (χ3v) is 6.97. The van der Waals surface area contributed by atoms with Crippen molar-refractivity contribution < 1.29 is 0 Å². The van der Waals surface area contributed by atoms with E-state index in [-0.39, 0.29) is 11.4 Å². The molecule has 172 valence electrons. The van der Waals surface area contributed by atoms with Gasteiger partial charge in [-0.2, -0.15) is 0 Å². The molecule has 7 nitrogen and oxygen atoms in total. The summed E-state index contributed by atoms with van der Waals surface area (Å²) in [6.07, 6.45) is 12.8. The maximum atomic E-state index is 5.62. The molecule has 1 aliphatic carbocycles. The predicted molar refractivity (Wildman–Crippen MR) is 138 cm³/mol. The molecule has 1 aliphatic rings. The molecule has 1 unspecified atom stereocenters. The number of nitrogens with two attached hydrogens (primary N) is 1. The molecule has 0 spiro atoms. The van der Waals surface area contributed by atoms with Crippen LogP contribution in [0, 0.1) is 0 Å². The largest absolute Gasteiger partial charge is 0.381 e. The Morgan fingerprint density at radius 1 is 0.886 bits per heavy atom. The standard InChI is InChI=1S/C28H25N7/c1-28(7-6-19-4-2-3-5-23(19)28)24-11-22(12-25-26(24)32-9-8-31-25)33-14-18-10-20(15-30-13-18)21-16-34-27(29)35-17-21/h2-5,8-13,15-17,33H,6-7,14H2,1H3,(H2,29,34,35). The Morgan fingerprint density at radius 3 is 2.60 bits per heavy atom. The van der Waals surface area contributed by atoms with Gasteiger partial charge in [0.05, 0.1) is 11.0 Å². The molecule has 5 aromatic rings. The number of nitrogens with one attached hydrogen (secondary N) is 1. The molecular formula is C28H25N7. The minimum Gasteiger partial charge on any atom is -0.381 e. The van der Waals surface area contributed by atoms with Crippen LogP contribution in [0.5, 0.6) is 0 Å². The van der Waals surface area contributed by atoms with Crippen LogP contribution in [0.15, 0.2) is 79.6 Å². The lowest BCUT2D eigenvalue weighted by atomic mass is 9.76. The van der Waals surface area contributed by atoms with Crippen LogP contribution in [0.3, 0.4) is 0 Å². The smallest absolute Gasteiger partial charge is 0.219 e. The summed E-state index contributed by atoms with van der Waals surface area (Å²) < 4.78 is 0. The van der Waals surface area contributed by atoms with Gasteiger partial charge in [-0.05, 0) is 53.3 Å². The van der Waals surface area contributed by atoms with E-state index in [1.165, 1.54) is 16.7 Å². The molecule has 0 amide bonds. The van der Waals surface area contributed by atoms with Gasteiger partial charge in [-0.1, -0.05) is 31.2 Å². The van der Waals surface area contributed by atoms with E-state index in [9.17, 15) is 0 Å². The fraction of sp³-hybridized carbons (Fsp3) is 0.179. The van der Waals surface area contributed by atoms with Crippen LogP contribution in [0.25, 0.3) is 22.2 Å². The molecular weight excluding hydrogens is 434 g/mol. The molecule has 7 heteroatoms. The number of hydrogen-bond donors (Lipinski definition) is 2. The molecule has 0 fully saturated rings. The van der Waals surface area contributed by atoms with E-state index >= 15 is 0 Å². The second kappa shape index (κ2) is 8.43. The monoisotopic (exact) mass is 459 g/mol. The van der Waals surface area contributed by atoms with Crippen molar-refractivity contribution in [3.05, 3.63) is 102 Å². The van der Waals surface area contributed by atoms with Crippen molar-refractivity contribution >= 4 is 22.7 Å². The minimum absolute atomic E-state index is 0.112. The molecule has 6 rings (SSSR count). The second-order valence-electron chi connectivity index (χ2n) is 9.20. The van der Waals surface area contributed by atoms with Crippen LogP contribution >= 0.6 is 0 Å². The number of nitrogens with zero attached hydrogens (tertiary/aromatic N) is 5. The van der Waals surface area contributed by atoms with Gasteiger partial charge < -0.3 is 11.1 Å². The van der Waals surface area contributed by atoms with Gasteiger partial charge in [0.2, 0.25) is 5.95 Å². The highest BCUT2D eigenvalue weighted by Crippen LogP contribution is 2.46. The summed E-state index contributed by atoms with van der Waals surface area (Å²) in [4.78, 5) is 22.0. The first-order chi connectivity index (χ1) is 17.1. The van der Waals surface area contributed by atoms with Crippen molar-refractivity contribution in [2.75, 3.05) is 11.1 Å². The number of nitrogen functional groups attached to an aromatic ring is 1. The molecule has 3 aromatic heterocycles. The highest BCUT2D eigenvalue weighted by atomic mass is 15.0. The van der Waals surface area contributed by atoms with Crippen LogP contribution in [-0.4, -0.2) is 24.9 Å². The van der Waals surface area contributed by atoms with E-state index in [4.69, 9.17) is 10.7 Å². The molecule has 0 saturated heterocycles. The zero-order valence-corrected chi connectivity index (χ0v) is 19.4. The molecule has 35 heavy (non-hydrogen) atoms. The second-order valence-corrected chi connectivity index (χ2v) is 9.20. The van der Waals surface area contributed by atoms with Gasteiger partial charge in [0, 0.05) is 66.0 Å². The Balaban J connectivity index is 1.34. The number of fused-ring (bicyclic) bond motifs is 2. The molecule has 1 atom stereocenters. The Morgan fingerprint density at radius 2 is 1.71 bits per heavy atom. The van der Waals surface area contributed by atoms with Crippen molar-refractivity contribution in [3.63, 3.8) is 0 Å². The number of aromatic nitrogens is 5. The number of hydrogen-bond acceptors (Lipinski definition) is 7. The molecule has 0 aliphatic heterocycles. The average molecular weight is 460 g/mol. The summed E-state index contributed by atoms with van der Waals surface area (Å²) >= 11 is 0. The normalized spacial score (nSPS) is 16.8. The third kappa shape index (κ3) is 3.85. The Labute approximate surface area is 203 Å². The van der Waals surface area contributed by atoms with Gasteiger partial charge >= 0.3 is 0 Å². The van der Waals surface area contributed by atoms with Gasteiger partial charge in [0.25, 0.3) is 0 Å². The minimum atomic E-state index is -0.112. The summed E-state index contributed by atoms with van der Waals surface area (Å²) in [5.41, 5.74) is 15.3. The maximum Gasteiger partial charge on any atom is 0.219 e. The lowest BCUT2D eigenvalue weighted by Gasteiger charge is -2.28.